The third-order valence-electron chi connectivity index (χ3n) is 5.38. The van der Waals surface area contributed by atoms with Crippen molar-refractivity contribution in [2.24, 2.45) is 11.8 Å². The van der Waals surface area contributed by atoms with Crippen LogP contribution in [0.1, 0.15) is 41.6 Å². The summed E-state index contributed by atoms with van der Waals surface area (Å²) in [6.07, 6.45) is -2.65. The van der Waals surface area contributed by atoms with Crippen LogP contribution in [0.2, 0.25) is 0 Å². The molecule has 0 radical (unpaired) electrons. The Kier molecular flexibility index (Phi) is 3.94. The van der Waals surface area contributed by atoms with Crippen molar-refractivity contribution in [2.45, 2.75) is 45.0 Å². The number of carbonyl (C=O) groups excluding carboxylic acids is 1. The zero-order valence-electron chi connectivity index (χ0n) is 14.4. The lowest BCUT2D eigenvalue weighted by Crippen LogP contribution is -2.61. The van der Waals surface area contributed by atoms with Crippen LogP contribution in [0.15, 0.2) is 12.1 Å². The van der Waals surface area contributed by atoms with Crippen molar-refractivity contribution >= 4 is 11.6 Å². The Hall–Kier alpha value is -2.16. The molecule has 0 bridgehead atoms. The molecule has 3 heterocycles. The Labute approximate surface area is 147 Å². The summed E-state index contributed by atoms with van der Waals surface area (Å²) in [5.74, 6) is 0.0247. The Morgan fingerprint density at radius 2 is 2.19 bits per heavy atom. The number of nitrogens with zero attached hydrogens (tertiary/aromatic N) is 3. The molecule has 2 aromatic rings. The molecule has 9 heteroatoms. The number of hydrogen-bond donors (Lipinski definition) is 1. The number of fused-ring (bicyclic) bond motifs is 2. The summed E-state index contributed by atoms with van der Waals surface area (Å²) in [4.78, 5) is 16.6. The smallest absolute Gasteiger partial charge is 0.377 e. The van der Waals surface area contributed by atoms with Crippen LogP contribution in [0, 0.1) is 18.8 Å². The summed E-state index contributed by atoms with van der Waals surface area (Å²) in [7, 11) is 0. The third-order valence-corrected chi connectivity index (χ3v) is 5.38. The molecule has 1 saturated carbocycles. The molecule has 4 atom stereocenters. The first kappa shape index (κ1) is 17.3. The van der Waals surface area contributed by atoms with Gasteiger partial charge in [0.25, 0.3) is 5.91 Å². The van der Waals surface area contributed by atoms with Gasteiger partial charge >= 0.3 is 6.18 Å². The van der Waals surface area contributed by atoms with E-state index in [0.29, 0.717) is 11.1 Å². The second-order valence-corrected chi connectivity index (χ2v) is 6.94. The first-order valence-corrected chi connectivity index (χ1v) is 8.66. The predicted molar refractivity (Wildman–Crippen MR) is 85.6 cm³/mol. The SMILES string of the molecule is CC[C@@H]1[C@@H](NC(=O)c2cc3nc(C)cc(C(F)(F)F)n3n2)[C@@H]2CCO[C@H]12. The highest BCUT2D eigenvalue weighted by molar-refractivity contribution is 5.93. The van der Waals surface area contributed by atoms with E-state index in [-0.39, 0.29) is 41.0 Å². The minimum absolute atomic E-state index is 0.00482. The van der Waals surface area contributed by atoms with E-state index in [0.717, 1.165) is 18.9 Å². The van der Waals surface area contributed by atoms with Crippen LogP contribution in [0.25, 0.3) is 5.65 Å². The van der Waals surface area contributed by atoms with Gasteiger partial charge in [-0.1, -0.05) is 6.92 Å². The van der Waals surface area contributed by atoms with Crippen LogP contribution < -0.4 is 5.32 Å². The van der Waals surface area contributed by atoms with Gasteiger partial charge in [0.05, 0.1) is 6.10 Å². The second-order valence-electron chi connectivity index (χ2n) is 6.94. The van der Waals surface area contributed by atoms with Crippen molar-refractivity contribution in [1.29, 1.82) is 0 Å². The van der Waals surface area contributed by atoms with Crippen LogP contribution in [0.5, 0.6) is 0 Å². The molecule has 26 heavy (non-hydrogen) atoms. The Balaban J connectivity index is 1.62. The van der Waals surface area contributed by atoms with Gasteiger partial charge in [-0.25, -0.2) is 9.50 Å². The van der Waals surface area contributed by atoms with Gasteiger partial charge in [-0.3, -0.25) is 4.79 Å². The second kappa shape index (κ2) is 5.94. The molecule has 2 aromatic heterocycles. The number of carbonyl (C=O) groups is 1. The Morgan fingerprint density at radius 3 is 2.88 bits per heavy atom. The molecule has 0 spiro atoms. The zero-order chi connectivity index (χ0) is 18.6. The van der Waals surface area contributed by atoms with Crippen LogP contribution >= 0.6 is 0 Å². The molecule has 1 aliphatic heterocycles. The van der Waals surface area contributed by atoms with Gasteiger partial charge in [0.15, 0.2) is 11.3 Å². The van der Waals surface area contributed by atoms with Crippen molar-refractivity contribution in [3.05, 3.63) is 29.2 Å². The van der Waals surface area contributed by atoms with E-state index in [1.165, 1.54) is 13.0 Å². The van der Waals surface area contributed by atoms with Crippen molar-refractivity contribution in [2.75, 3.05) is 6.61 Å². The van der Waals surface area contributed by atoms with Crippen molar-refractivity contribution in [3.8, 4) is 0 Å². The molecule has 2 aliphatic rings. The first-order chi connectivity index (χ1) is 12.3. The fourth-order valence-corrected chi connectivity index (χ4v) is 4.17. The van der Waals surface area contributed by atoms with E-state index in [1.807, 2.05) is 6.92 Å². The lowest BCUT2D eigenvalue weighted by atomic mass is 9.65. The van der Waals surface area contributed by atoms with E-state index >= 15 is 0 Å². The van der Waals surface area contributed by atoms with Crippen LogP contribution in [0.3, 0.4) is 0 Å². The van der Waals surface area contributed by atoms with Crippen molar-refractivity contribution < 1.29 is 22.7 Å². The molecule has 1 amide bonds. The number of ether oxygens (including phenoxy) is 1. The van der Waals surface area contributed by atoms with Gasteiger partial charge in [-0.2, -0.15) is 18.3 Å². The lowest BCUT2D eigenvalue weighted by molar-refractivity contribution is -0.142. The maximum atomic E-state index is 13.2. The number of hydrogen-bond acceptors (Lipinski definition) is 4. The lowest BCUT2D eigenvalue weighted by Gasteiger charge is -2.47. The number of rotatable bonds is 3. The minimum Gasteiger partial charge on any atom is -0.377 e. The normalized spacial score (nSPS) is 28.0. The number of amides is 1. The quantitative estimate of drug-likeness (QED) is 0.904. The summed E-state index contributed by atoms with van der Waals surface area (Å²) in [6, 6.07) is 2.18. The first-order valence-electron chi connectivity index (χ1n) is 8.66. The molecular formula is C17H19F3N4O2. The van der Waals surface area contributed by atoms with Crippen molar-refractivity contribution in [1.82, 2.24) is 19.9 Å². The molecule has 1 N–H and O–H groups in total. The third kappa shape index (κ3) is 2.65. The van der Waals surface area contributed by atoms with Gasteiger partial charge in [0, 0.05) is 36.2 Å². The van der Waals surface area contributed by atoms with E-state index < -0.39 is 17.8 Å². The molecule has 4 rings (SSSR count). The van der Waals surface area contributed by atoms with E-state index in [4.69, 9.17) is 4.74 Å². The molecule has 1 aliphatic carbocycles. The van der Waals surface area contributed by atoms with Gasteiger partial charge in [-0.15, -0.1) is 0 Å². The standard InChI is InChI=1S/C17H19F3N4O2/c1-3-9-14(10-4-5-26-15(9)10)22-16(25)11-7-13-21-8(2)6-12(17(18,19)20)24(13)23-11/h6-7,9-10,14-15H,3-5H2,1-2H3,(H,22,25)/t9-,10+,14-,15-/m1/s1. The van der Waals surface area contributed by atoms with Crippen LogP contribution in [-0.2, 0) is 10.9 Å². The highest BCUT2D eigenvalue weighted by Crippen LogP contribution is 2.45. The highest BCUT2D eigenvalue weighted by Gasteiger charge is 2.53. The Morgan fingerprint density at radius 1 is 1.42 bits per heavy atom. The monoisotopic (exact) mass is 368 g/mol. The highest BCUT2D eigenvalue weighted by atomic mass is 19.4. The van der Waals surface area contributed by atoms with Gasteiger partial charge in [0.1, 0.15) is 5.69 Å². The zero-order valence-corrected chi connectivity index (χ0v) is 14.4. The molecule has 140 valence electrons. The maximum Gasteiger partial charge on any atom is 0.433 e. The molecule has 0 aromatic carbocycles. The van der Waals surface area contributed by atoms with Crippen LogP contribution in [-0.4, -0.2) is 39.3 Å². The number of halogens is 3. The fourth-order valence-electron chi connectivity index (χ4n) is 4.17. The van der Waals surface area contributed by atoms with Crippen LogP contribution in [0.4, 0.5) is 13.2 Å². The predicted octanol–water partition coefficient (Wildman–Crippen LogP) is 2.60. The molecule has 6 nitrogen and oxygen atoms in total. The topological polar surface area (TPSA) is 68.5 Å². The molecule has 1 saturated heterocycles. The van der Waals surface area contributed by atoms with E-state index in [1.54, 1.807) is 0 Å². The average molecular weight is 368 g/mol. The fraction of sp³-hybridized carbons (Fsp3) is 0.588. The van der Waals surface area contributed by atoms with Gasteiger partial charge < -0.3 is 10.1 Å². The largest absolute Gasteiger partial charge is 0.433 e. The summed E-state index contributed by atoms with van der Waals surface area (Å²) >= 11 is 0. The molecular weight excluding hydrogens is 349 g/mol. The van der Waals surface area contributed by atoms with Gasteiger partial charge in [-0.05, 0) is 25.8 Å². The summed E-state index contributed by atoms with van der Waals surface area (Å²) in [6.45, 7) is 4.20. The van der Waals surface area contributed by atoms with Gasteiger partial charge in [0.2, 0.25) is 0 Å². The molecule has 2 fully saturated rings. The maximum absolute atomic E-state index is 13.2. The summed E-state index contributed by atoms with van der Waals surface area (Å²) in [5.41, 5.74) is -0.790. The summed E-state index contributed by atoms with van der Waals surface area (Å²) in [5, 5.41) is 6.79. The summed E-state index contributed by atoms with van der Waals surface area (Å²) < 4.78 is 46.0. The number of alkyl halides is 3. The number of aryl methyl sites for hydroxylation is 1. The Bertz CT molecular complexity index is 864. The van der Waals surface area contributed by atoms with E-state index in [9.17, 15) is 18.0 Å². The average Bonchev–Trinajstić information content (AvgIpc) is 3.15. The van der Waals surface area contributed by atoms with Crippen molar-refractivity contribution in [3.63, 3.8) is 0 Å². The minimum atomic E-state index is -4.58. The number of nitrogens with one attached hydrogen (secondary N) is 1. The molecule has 0 unspecified atom stereocenters. The van der Waals surface area contributed by atoms with E-state index in [2.05, 4.69) is 15.4 Å². The number of aromatic nitrogens is 3.